The normalized spacial score (nSPS) is 12.2. The first-order chi connectivity index (χ1) is 6.20. The van der Waals surface area contributed by atoms with Gasteiger partial charge < -0.3 is 5.32 Å². The third-order valence-electron chi connectivity index (χ3n) is 1.71. The van der Waals surface area contributed by atoms with Crippen molar-refractivity contribution in [3.05, 3.63) is 34.6 Å². The molecule has 1 rings (SSSR count). The van der Waals surface area contributed by atoms with Crippen LogP contribution >= 0.6 is 11.6 Å². The van der Waals surface area contributed by atoms with Crippen LogP contribution < -0.4 is 5.32 Å². The molecule has 0 amide bonds. The Hall–Kier alpha value is -1.11. The van der Waals surface area contributed by atoms with Crippen LogP contribution in [0.5, 0.6) is 0 Å². The molecule has 1 N–H and O–H groups in total. The minimum absolute atomic E-state index is 0.0352. The topological polar surface area (TPSA) is 35.8 Å². The lowest BCUT2D eigenvalue weighted by Crippen LogP contribution is -2.15. The lowest BCUT2D eigenvalue weighted by Gasteiger charge is -2.09. The Morgan fingerprint density at radius 2 is 2.31 bits per heavy atom. The van der Waals surface area contributed by atoms with Crippen molar-refractivity contribution in [1.29, 1.82) is 5.26 Å². The number of hydrogen-bond acceptors (Lipinski definition) is 2. The van der Waals surface area contributed by atoms with Gasteiger partial charge in [0.2, 0.25) is 0 Å². The summed E-state index contributed by atoms with van der Waals surface area (Å²) in [5.41, 5.74) is 0.275. The van der Waals surface area contributed by atoms with Gasteiger partial charge in [-0.2, -0.15) is 5.26 Å². The SMILES string of the molecule is CNC(C#N)c1cccc(Cl)c1F. The molecule has 0 spiro atoms. The molecule has 0 aliphatic carbocycles. The zero-order valence-electron chi connectivity index (χ0n) is 7.01. The van der Waals surface area contributed by atoms with Crippen LogP contribution in [0, 0.1) is 17.1 Å². The summed E-state index contributed by atoms with van der Waals surface area (Å²) < 4.78 is 13.3. The molecule has 0 aliphatic heterocycles. The molecule has 0 aromatic heterocycles. The maximum absolute atomic E-state index is 13.3. The van der Waals surface area contributed by atoms with Gasteiger partial charge in [-0.05, 0) is 13.1 Å². The van der Waals surface area contributed by atoms with E-state index in [0.29, 0.717) is 0 Å². The van der Waals surface area contributed by atoms with Crippen molar-refractivity contribution in [2.45, 2.75) is 6.04 Å². The summed E-state index contributed by atoms with van der Waals surface area (Å²) in [6.07, 6.45) is 0. The van der Waals surface area contributed by atoms with E-state index in [4.69, 9.17) is 16.9 Å². The Bertz CT molecular complexity index is 346. The number of nitrogens with zero attached hydrogens (tertiary/aromatic N) is 1. The zero-order chi connectivity index (χ0) is 9.84. The maximum atomic E-state index is 13.3. The van der Waals surface area contributed by atoms with Gasteiger partial charge in [-0.15, -0.1) is 0 Å². The van der Waals surface area contributed by atoms with Gasteiger partial charge in [0.05, 0.1) is 11.1 Å². The highest BCUT2D eigenvalue weighted by atomic mass is 35.5. The summed E-state index contributed by atoms with van der Waals surface area (Å²) in [6.45, 7) is 0. The molecule has 1 atom stereocenters. The average Bonchev–Trinajstić information content (AvgIpc) is 2.14. The van der Waals surface area contributed by atoms with Crippen LogP contribution in [0.15, 0.2) is 18.2 Å². The van der Waals surface area contributed by atoms with E-state index in [0.717, 1.165) is 0 Å². The van der Waals surface area contributed by atoms with Crippen LogP contribution in [-0.4, -0.2) is 7.05 Å². The van der Waals surface area contributed by atoms with E-state index in [2.05, 4.69) is 5.32 Å². The summed E-state index contributed by atoms with van der Waals surface area (Å²) in [6, 6.07) is 5.87. The fourth-order valence-corrected chi connectivity index (χ4v) is 1.21. The molecule has 4 heteroatoms. The maximum Gasteiger partial charge on any atom is 0.147 e. The van der Waals surface area contributed by atoms with Gasteiger partial charge in [0.1, 0.15) is 11.9 Å². The highest BCUT2D eigenvalue weighted by Crippen LogP contribution is 2.22. The minimum atomic E-state index is -0.654. The molecule has 0 fully saturated rings. The number of hydrogen-bond donors (Lipinski definition) is 1. The number of halogens is 2. The Labute approximate surface area is 80.9 Å². The lowest BCUT2D eigenvalue weighted by atomic mass is 10.1. The van der Waals surface area contributed by atoms with Crippen molar-refractivity contribution in [1.82, 2.24) is 5.32 Å². The Morgan fingerprint density at radius 3 is 2.85 bits per heavy atom. The van der Waals surface area contributed by atoms with Gasteiger partial charge >= 0.3 is 0 Å². The van der Waals surface area contributed by atoms with Crippen molar-refractivity contribution in [3.8, 4) is 6.07 Å². The van der Waals surface area contributed by atoms with E-state index >= 15 is 0 Å². The lowest BCUT2D eigenvalue weighted by molar-refractivity contribution is 0.586. The van der Waals surface area contributed by atoms with Crippen molar-refractivity contribution >= 4 is 11.6 Å². The van der Waals surface area contributed by atoms with Crippen molar-refractivity contribution in [3.63, 3.8) is 0 Å². The highest BCUT2D eigenvalue weighted by Gasteiger charge is 2.14. The Balaban J connectivity index is 3.15. The molecule has 1 aromatic carbocycles. The predicted octanol–water partition coefficient (Wildman–Crippen LogP) is 2.26. The second-order valence-electron chi connectivity index (χ2n) is 2.49. The van der Waals surface area contributed by atoms with Crippen molar-refractivity contribution in [2.24, 2.45) is 0 Å². The van der Waals surface area contributed by atoms with Crippen LogP contribution in [0.1, 0.15) is 11.6 Å². The molecule has 13 heavy (non-hydrogen) atoms. The molecule has 0 aliphatic rings. The first-order valence-electron chi connectivity index (χ1n) is 3.71. The molecule has 0 saturated carbocycles. The van der Waals surface area contributed by atoms with E-state index in [-0.39, 0.29) is 10.6 Å². The van der Waals surface area contributed by atoms with E-state index < -0.39 is 11.9 Å². The zero-order valence-corrected chi connectivity index (χ0v) is 7.77. The molecule has 0 radical (unpaired) electrons. The van der Waals surface area contributed by atoms with Crippen LogP contribution in [0.2, 0.25) is 5.02 Å². The quantitative estimate of drug-likeness (QED) is 0.792. The second kappa shape index (κ2) is 4.22. The molecular weight excluding hydrogens is 191 g/mol. The van der Waals surface area contributed by atoms with Gasteiger partial charge in [0.25, 0.3) is 0 Å². The third-order valence-corrected chi connectivity index (χ3v) is 2.00. The average molecular weight is 199 g/mol. The van der Waals surface area contributed by atoms with Gasteiger partial charge in [0.15, 0.2) is 0 Å². The monoisotopic (exact) mass is 198 g/mol. The van der Waals surface area contributed by atoms with Gasteiger partial charge in [-0.3, -0.25) is 0 Å². The molecule has 68 valence electrons. The van der Waals surface area contributed by atoms with Crippen LogP contribution in [0.25, 0.3) is 0 Å². The fraction of sp³-hybridized carbons (Fsp3) is 0.222. The number of rotatable bonds is 2. The van der Waals surface area contributed by atoms with Crippen molar-refractivity contribution in [2.75, 3.05) is 7.05 Å². The van der Waals surface area contributed by atoms with Crippen LogP contribution in [-0.2, 0) is 0 Å². The fourth-order valence-electron chi connectivity index (χ4n) is 1.03. The smallest absolute Gasteiger partial charge is 0.147 e. The molecular formula is C9H8ClFN2. The van der Waals surface area contributed by atoms with E-state index in [9.17, 15) is 4.39 Å². The van der Waals surface area contributed by atoms with Crippen LogP contribution in [0.4, 0.5) is 4.39 Å². The molecule has 1 unspecified atom stereocenters. The summed E-state index contributed by atoms with van der Waals surface area (Å²) in [4.78, 5) is 0. The molecule has 0 saturated heterocycles. The Morgan fingerprint density at radius 1 is 1.62 bits per heavy atom. The van der Waals surface area contributed by atoms with Crippen molar-refractivity contribution < 1.29 is 4.39 Å². The van der Waals surface area contributed by atoms with Gasteiger partial charge in [0, 0.05) is 5.56 Å². The molecule has 0 heterocycles. The van der Waals surface area contributed by atoms with E-state index in [1.807, 2.05) is 6.07 Å². The number of nitrogens with one attached hydrogen (secondary N) is 1. The summed E-state index contributed by atoms with van der Waals surface area (Å²) in [5.74, 6) is -0.537. The first-order valence-corrected chi connectivity index (χ1v) is 4.09. The highest BCUT2D eigenvalue weighted by molar-refractivity contribution is 6.30. The van der Waals surface area contributed by atoms with Gasteiger partial charge in [-0.1, -0.05) is 23.7 Å². The van der Waals surface area contributed by atoms with Gasteiger partial charge in [-0.25, -0.2) is 4.39 Å². The van der Waals surface area contributed by atoms with Crippen LogP contribution in [0.3, 0.4) is 0 Å². The number of benzene rings is 1. The number of nitriles is 1. The van der Waals surface area contributed by atoms with E-state index in [1.54, 1.807) is 13.1 Å². The molecule has 0 bridgehead atoms. The second-order valence-corrected chi connectivity index (χ2v) is 2.90. The standard InChI is InChI=1S/C9H8ClFN2/c1-13-8(5-12)6-3-2-4-7(10)9(6)11/h2-4,8,13H,1H3. The minimum Gasteiger partial charge on any atom is -0.301 e. The molecule has 1 aromatic rings. The molecule has 2 nitrogen and oxygen atoms in total. The summed E-state index contributed by atoms with van der Waals surface area (Å²) in [5, 5.41) is 11.4. The largest absolute Gasteiger partial charge is 0.301 e. The summed E-state index contributed by atoms with van der Waals surface area (Å²) in [7, 11) is 1.59. The third kappa shape index (κ3) is 1.97. The Kier molecular flexibility index (Phi) is 3.24. The van der Waals surface area contributed by atoms with E-state index in [1.165, 1.54) is 12.1 Å². The first kappa shape index (κ1) is 9.97. The summed E-state index contributed by atoms with van der Waals surface area (Å²) >= 11 is 5.56. The predicted molar refractivity (Wildman–Crippen MR) is 48.8 cm³/mol.